The van der Waals surface area contributed by atoms with Crippen LogP contribution in [0.1, 0.15) is 0 Å². The lowest BCUT2D eigenvalue weighted by Gasteiger charge is -2.34. The average Bonchev–Trinajstić information content (AvgIpc) is 2.91. The van der Waals surface area contributed by atoms with Gasteiger partial charge < -0.3 is 15.0 Å². The van der Waals surface area contributed by atoms with Gasteiger partial charge >= 0.3 is 0 Å². The Morgan fingerprint density at radius 1 is 1.33 bits per heavy atom. The monoisotopic (exact) mass is 291 g/mol. The number of imidazole rings is 1. The number of rotatable bonds is 4. The number of aliphatic hydroxyl groups excluding tert-OH is 1. The molecule has 0 bridgehead atoms. The molecule has 3 rings (SSSR count). The van der Waals surface area contributed by atoms with Crippen molar-refractivity contribution < 1.29 is 10.0 Å². The highest BCUT2D eigenvalue weighted by Gasteiger charge is 2.19. The Kier molecular flexibility index (Phi) is 3.72. The molecule has 0 atom stereocenters. The van der Waals surface area contributed by atoms with E-state index in [-0.39, 0.29) is 12.3 Å². The van der Waals surface area contributed by atoms with Crippen molar-refractivity contribution in [1.29, 1.82) is 0 Å². The molecule has 21 heavy (non-hydrogen) atoms. The second kappa shape index (κ2) is 5.66. The topological polar surface area (TPSA) is 98.5 Å². The van der Waals surface area contributed by atoms with E-state index in [1.54, 1.807) is 6.07 Å². The first-order chi connectivity index (χ1) is 10.2. The molecule has 0 aliphatic carbocycles. The first kappa shape index (κ1) is 13.8. The molecule has 8 nitrogen and oxygen atoms in total. The summed E-state index contributed by atoms with van der Waals surface area (Å²) in [5.41, 5.74) is 1.47. The number of non-ortho nitro benzene ring substituents is 1. The first-order valence-electron chi connectivity index (χ1n) is 6.89. The van der Waals surface area contributed by atoms with E-state index in [0.717, 1.165) is 37.6 Å². The van der Waals surface area contributed by atoms with E-state index in [1.165, 1.54) is 12.1 Å². The molecular weight excluding hydrogens is 274 g/mol. The van der Waals surface area contributed by atoms with Crippen molar-refractivity contribution in [1.82, 2.24) is 14.9 Å². The fourth-order valence-corrected chi connectivity index (χ4v) is 2.57. The van der Waals surface area contributed by atoms with Gasteiger partial charge in [0.05, 0.1) is 22.6 Å². The number of β-amino-alcohol motifs (C(OH)–C–C–N with tert-alkyl or cyclic N) is 1. The van der Waals surface area contributed by atoms with Gasteiger partial charge in [-0.15, -0.1) is 0 Å². The number of aromatic nitrogens is 2. The van der Waals surface area contributed by atoms with Crippen molar-refractivity contribution in [2.75, 3.05) is 44.2 Å². The number of piperazine rings is 1. The van der Waals surface area contributed by atoms with Crippen LogP contribution in [0.3, 0.4) is 0 Å². The number of benzene rings is 1. The van der Waals surface area contributed by atoms with Crippen LogP contribution in [0.5, 0.6) is 0 Å². The number of nitrogens with zero attached hydrogens (tertiary/aromatic N) is 4. The van der Waals surface area contributed by atoms with Crippen LogP contribution < -0.4 is 4.90 Å². The molecule has 8 heteroatoms. The zero-order valence-electron chi connectivity index (χ0n) is 11.5. The largest absolute Gasteiger partial charge is 0.395 e. The third-order valence-electron chi connectivity index (χ3n) is 3.75. The van der Waals surface area contributed by atoms with Gasteiger partial charge in [-0.1, -0.05) is 0 Å². The van der Waals surface area contributed by atoms with Gasteiger partial charge in [0.1, 0.15) is 0 Å². The Hall–Kier alpha value is -2.19. The van der Waals surface area contributed by atoms with E-state index in [9.17, 15) is 10.1 Å². The Morgan fingerprint density at radius 2 is 2.10 bits per heavy atom. The predicted molar refractivity (Wildman–Crippen MR) is 78.5 cm³/mol. The van der Waals surface area contributed by atoms with Gasteiger partial charge in [0, 0.05) is 44.9 Å². The molecular formula is C13H17N5O3. The lowest BCUT2D eigenvalue weighted by atomic mass is 10.3. The summed E-state index contributed by atoms with van der Waals surface area (Å²) in [6.45, 7) is 4.26. The van der Waals surface area contributed by atoms with Crippen molar-refractivity contribution in [3.8, 4) is 0 Å². The summed E-state index contributed by atoms with van der Waals surface area (Å²) in [7, 11) is 0. The number of anilines is 1. The molecule has 0 unspecified atom stereocenters. The van der Waals surface area contributed by atoms with Gasteiger partial charge in [0.25, 0.3) is 5.69 Å². The lowest BCUT2D eigenvalue weighted by molar-refractivity contribution is -0.384. The predicted octanol–water partition coefficient (Wildman–Crippen LogP) is 0.585. The third kappa shape index (κ3) is 2.81. The van der Waals surface area contributed by atoms with Crippen LogP contribution in [0.15, 0.2) is 18.2 Å². The van der Waals surface area contributed by atoms with Gasteiger partial charge in [-0.3, -0.25) is 15.0 Å². The molecule has 2 N–H and O–H groups in total. The van der Waals surface area contributed by atoms with Crippen LogP contribution in [-0.4, -0.2) is 64.2 Å². The second-order valence-electron chi connectivity index (χ2n) is 5.07. The number of hydrogen-bond donors (Lipinski definition) is 2. The maximum absolute atomic E-state index is 10.8. The minimum atomic E-state index is -0.409. The SMILES string of the molecule is O=[N+]([O-])c1ccc2nc(N3CCN(CCO)CC3)[nH]c2c1. The van der Waals surface area contributed by atoms with Crippen LogP contribution in [-0.2, 0) is 0 Å². The molecule has 2 aromatic rings. The number of fused-ring (bicyclic) bond motifs is 1. The zero-order chi connectivity index (χ0) is 14.8. The average molecular weight is 291 g/mol. The standard InChI is InChI=1S/C13H17N5O3/c19-8-7-16-3-5-17(6-4-16)13-14-11-2-1-10(18(20)21)9-12(11)15-13/h1-2,9,19H,3-8H2,(H,14,15). The van der Waals surface area contributed by atoms with E-state index in [2.05, 4.69) is 19.8 Å². The van der Waals surface area contributed by atoms with Crippen molar-refractivity contribution >= 4 is 22.7 Å². The van der Waals surface area contributed by atoms with Crippen molar-refractivity contribution in [2.24, 2.45) is 0 Å². The van der Waals surface area contributed by atoms with Gasteiger partial charge in [0.15, 0.2) is 0 Å². The molecule has 2 heterocycles. The van der Waals surface area contributed by atoms with Gasteiger partial charge in [-0.2, -0.15) is 0 Å². The Balaban J connectivity index is 1.77. The maximum Gasteiger partial charge on any atom is 0.271 e. The number of H-pyrrole nitrogens is 1. The molecule has 0 spiro atoms. The minimum absolute atomic E-state index is 0.0606. The number of aliphatic hydroxyl groups is 1. The van der Waals surface area contributed by atoms with Crippen LogP contribution >= 0.6 is 0 Å². The summed E-state index contributed by atoms with van der Waals surface area (Å²) in [6, 6.07) is 4.63. The first-order valence-corrected chi connectivity index (χ1v) is 6.89. The summed E-state index contributed by atoms with van der Waals surface area (Å²) in [6.07, 6.45) is 0. The maximum atomic E-state index is 10.8. The van der Waals surface area contributed by atoms with Crippen LogP contribution in [0.2, 0.25) is 0 Å². The summed E-state index contributed by atoms with van der Waals surface area (Å²) < 4.78 is 0. The fourth-order valence-electron chi connectivity index (χ4n) is 2.57. The Labute approximate surface area is 121 Å². The van der Waals surface area contributed by atoms with E-state index >= 15 is 0 Å². The summed E-state index contributed by atoms with van der Waals surface area (Å²) >= 11 is 0. The fraction of sp³-hybridized carbons (Fsp3) is 0.462. The number of hydrogen-bond acceptors (Lipinski definition) is 6. The molecule has 0 amide bonds. The molecule has 112 valence electrons. The molecule has 1 aromatic heterocycles. The number of nitro groups is 1. The van der Waals surface area contributed by atoms with E-state index in [1.807, 2.05) is 0 Å². The molecule has 1 aliphatic heterocycles. The molecule has 1 saturated heterocycles. The van der Waals surface area contributed by atoms with Crippen molar-refractivity contribution in [2.45, 2.75) is 0 Å². The second-order valence-corrected chi connectivity index (χ2v) is 5.07. The molecule has 1 aliphatic rings. The Morgan fingerprint density at radius 3 is 2.76 bits per heavy atom. The van der Waals surface area contributed by atoms with Gasteiger partial charge in [-0.25, -0.2) is 4.98 Å². The molecule has 0 radical (unpaired) electrons. The number of aromatic amines is 1. The normalized spacial score (nSPS) is 16.5. The molecule has 1 aromatic carbocycles. The van der Waals surface area contributed by atoms with Crippen molar-refractivity contribution in [3.63, 3.8) is 0 Å². The zero-order valence-corrected chi connectivity index (χ0v) is 11.5. The van der Waals surface area contributed by atoms with Gasteiger partial charge in [0.2, 0.25) is 5.95 Å². The van der Waals surface area contributed by atoms with Gasteiger partial charge in [-0.05, 0) is 6.07 Å². The van der Waals surface area contributed by atoms with Crippen molar-refractivity contribution in [3.05, 3.63) is 28.3 Å². The van der Waals surface area contributed by atoms with Crippen LogP contribution in [0.25, 0.3) is 11.0 Å². The van der Waals surface area contributed by atoms with Crippen LogP contribution in [0.4, 0.5) is 11.6 Å². The molecule has 0 saturated carbocycles. The number of nitro benzene ring substituents is 1. The third-order valence-corrected chi connectivity index (χ3v) is 3.75. The smallest absolute Gasteiger partial charge is 0.271 e. The summed E-state index contributed by atoms with van der Waals surface area (Å²) in [4.78, 5) is 22.3. The van der Waals surface area contributed by atoms with E-state index < -0.39 is 4.92 Å². The Bertz CT molecular complexity index is 648. The lowest BCUT2D eigenvalue weighted by Crippen LogP contribution is -2.47. The van der Waals surface area contributed by atoms with Crippen LogP contribution in [0, 0.1) is 10.1 Å². The summed E-state index contributed by atoms with van der Waals surface area (Å²) in [5.74, 6) is 0.745. The minimum Gasteiger partial charge on any atom is -0.395 e. The van der Waals surface area contributed by atoms with E-state index in [4.69, 9.17) is 5.11 Å². The molecule has 1 fully saturated rings. The number of nitrogens with one attached hydrogen (secondary N) is 1. The highest BCUT2D eigenvalue weighted by Crippen LogP contribution is 2.22. The highest BCUT2D eigenvalue weighted by atomic mass is 16.6. The summed E-state index contributed by atoms with van der Waals surface area (Å²) in [5, 5.41) is 19.7. The van der Waals surface area contributed by atoms with E-state index in [0.29, 0.717) is 12.1 Å². The highest BCUT2D eigenvalue weighted by molar-refractivity contribution is 5.80. The quantitative estimate of drug-likeness (QED) is 0.632.